The van der Waals surface area contributed by atoms with Crippen LogP contribution in [-0.2, 0) is 16.1 Å². The lowest BCUT2D eigenvalue weighted by atomic mass is 10.1. The SMILES string of the molecule is COc1ccc(NC(=O)[C@H](NCc2ccc(N3CCCC3=O)cc2)c2ccccc2)cc1Cl. The summed E-state index contributed by atoms with van der Waals surface area (Å²) in [5.74, 6) is 0.522. The quantitative estimate of drug-likeness (QED) is 0.496. The van der Waals surface area contributed by atoms with Gasteiger partial charge in [0, 0.05) is 30.9 Å². The Morgan fingerprint density at radius 1 is 1.09 bits per heavy atom. The fourth-order valence-corrected chi connectivity index (χ4v) is 4.16. The molecule has 6 nitrogen and oxygen atoms in total. The molecule has 1 saturated heterocycles. The van der Waals surface area contributed by atoms with Crippen LogP contribution in [0.3, 0.4) is 0 Å². The number of benzene rings is 3. The van der Waals surface area contributed by atoms with Crippen LogP contribution >= 0.6 is 11.6 Å². The highest BCUT2D eigenvalue weighted by molar-refractivity contribution is 6.32. The van der Waals surface area contributed by atoms with Gasteiger partial charge < -0.3 is 15.0 Å². The lowest BCUT2D eigenvalue weighted by Gasteiger charge is -2.20. The van der Waals surface area contributed by atoms with E-state index in [9.17, 15) is 9.59 Å². The van der Waals surface area contributed by atoms with Gasteiger partial charge in [0.15, 0.2) is 0 Å². The number of ether oxygens (including phenoxy) is 1. The smallest absolute Gasteiger partial charge is 0.246 e. The minimum atomic E-state index is -0.563. The Bertz CT molecular complexity index is 1120. The third-order valence-electron chi connectivity index (χ3n) is 5.65. The van der Waals surface area contributed by atoms with Gasteiger partial charge in [-0.3, -0.25) is 14.9 Å². The molecule has 0 spiro atoms. The summed E-state index contributed by atoms with van der Waals surface area (Å²) in [4.78, 5) is 27.0. The van der Waals surface area contributed by atoms with E-state index < -0.39 is 6.04 Å². The van der Waals surface area contributed by atoms with Crippen LogP contribution < -0.4 is 20.3 Å². The first kappa shape index (κ1) is 22.8. The van der Waals surface area contributed by atoms with E-state index in [4.69, 9.17) is 16.3 Å². The van der Waals surface area contributed by atoms with Crippen LogP contribution in [-0.4, -0.2) is 25.5 Å². The number of amides is 2. The maximum atomic E-state index is 13.2. The van der Waals surface area contributed by atoms with Crippen LogP contribution in [0.1, 0.15) is 30.0 Å². The number of methoxy groups -OCH3 is 1. The zero-order valence-electron chi connectivity index (χ0n) is 18.4. The maximum Gasteiger partial charge on any atom is 0.246 e. The van der Waals surface area contributed by atoms with Gasteiger partial charge in [-0.15, -0.1) is 0 Å². The number of carbonyl (C=O) groups excluding carboxylic acids is 2. The van der Waals surface area contributed by atoms with Gasteiger partial charge in [0.2, 0.25) is 11.8 Å². The molecule has 2 amide bonds. The zero-order valence-corrected chi connectivity index (χ0v) is 19.1. The van der Waals surface area contributed by atoms with E-state index in [-0.39, 0.29) is 11.8 Å². The van der Waals surface area contributed by atoms with Crippen molar-refractivity contribution in [2.45, 2.75) is 25.4 Å². The fraction of sp³-hybridized carbons (Fsp3) is 0.231. The molecule has 3 aromatic rings. The Labute approximate surface area is 198 Å². The van der Waals surface area contributed by atoms with Crippen LogP contribution in [0.5, 0.6) is 5.75 Å². The van der Waals surface area contributed by atoms with Crippen molar-refractivity contribution in [3.05, 3.63) is 88.9 Å². The number of nitrogens with zero attached hydrogens (tertiary/aromatic N) is 1. The van der Waals surface area contributed by atoms with Crippen molar-refractivity contribution in [2.75, 3.05) is 23.9 Å². The first-order valence-electron chi connectivity index (χ1n) is 10.9. The summed E-state index contributed by atoms with van der Waals surface area (Å²) in [5, 5.41) is 6.72. The number of nitrogens with one attached hydrogen (secondary N) is 2. The lowest BCUT2D eigenvalue weighted by Crippen LogP contribution is -2.32. The van der Waals surface area contributed by atoms with Gasteiger partial charge in [0.05, 0.1) is 12.1 Å². The maximum absolute atomic E-state index is 13.2. The Balaban J connectivity index is 1.46. The molecule has 1 heterocycles. The molecule has 3 aromatic carbocycles. The summed E-state index contributed by atoms with van der Waals surface area (Å²) in [5.41, 5.74) is 3.38. The van der Waals surface area contributed by atoms with E-state index in [0.717, 1.165) is 29.8 Å². The second-order valence-electron chi connectivity index (χ2n) is 7.88. The van der Waals surface area contributed by atoms with Gasteiger partial charge >= 0.3 is 0 Å². The molecule has 33 heavy (non-hydrogen) atoms. The lowest BCUT2D eigenvalue weighted by molar-refractivity contribution is -0.118. The summed E-state index contributed by atoms with van der Waals surface area (Å²) >= 11 is 6.20. The van der Waals surface area contributed by atoms with Gasteiger partial charge in [0.1, 0.15) is 11.8 Å². The number of hydrogen-bond acceptors (Lipinski definition) is 4. The van der Waals surface area contributed by atoms with E-state index in [0.29, 0.717) is 29.4 Å². The van der Waals surface area contributed by atoms with E-state index in [2.05, 4.69) is 10.6 Å². The number of rotatable bonds is 8. The topological polar surface area (TPSA) is 70.7 Å². The first-order valence-corrected chi connectivity index (χ1v) is 11.2. The minimum absolute atomic E-state index is 0.167. The molecule has 2 N–H and O–H groups in total. The molecule has 7 heteroatoms. The minimum Gasteiger partial charge on any atom is -0.495 e. The van der Waals surface area contributed by atoms with Gasteiger partial charge in [0.25, 0.3) is 0 Å². The highest BCUT2D eigenvalue weighted by atomic mass is 35.5. The third kappa shape index (κ3) is 5.53. The second-order valence-corrected chi connectivity index (χ2v) is 8.29. The van der Waals surface area contributed by atoms with Crippen molar-refractivity contribution in [1.82, 2.24) is 5.32 Å². The van der Waals surface area contributed by atoms with Crippen LogP contribution in [0.25, 0.3) is 0 Å². The van der Waals surface area contributed by atoms with Crippen molar-refractivity contribution in [3.8, 4) is 5.75 Å². The van der Waals surface area contributed by atoms with E-state index in [1.807, 2.05) is 59.5 Å². The van der Waals surface area contributed by atoms with Gasteiger partial charge in [-0.1, -0.05) is 54.1 Å². The average molecular weight is 464 g/mol. The van der Waals surface area contributed by atoms with Crippen molar-refractivity contribution >= 4 is 34.8 Å². The molecule has 0 saturated carbocycles. The number of halogens is 1. The molecule has 0 aromatic heterocycles. The Kier molecular flexibility index (Phi) is 7.27. The predicted molar refractivity (Wildman–Crippen MR) is 131 cm³/mol. The fourth-order valence-electron chi connectivity index (χ4n) is 3.90. The third-order valence-corrected chi connectivity index (χ3v) is 5.94. The van der Waals surface area contributed by atoms with Crippen molar-refractivity contribution < 1.29 is 14.3 Å². The van der Waals surface area contributed by atoms with E-state index in [1.165, 1.54) is 0 Å². The van der Waals surface area contributed by atoms with Crippen LogP contribution in [0.2, 0.25) is 5.02 Å². The predicted octanol–water partition coefficient (Wildman–Crippen LogP) is 4.95. The molecule has 170 valence electrons. The molecular formula is C26H26ClN3O3. The molecule has 1 atom stereocenters. The largest absolute Gasteiger partial charge is 0.495 e. The molecule has 4 rings (SSSR count). The van der Waals surface area contributed by atoms with Crippen LogP contribution in [0.4, 0.5) is 11.4 Å². The standard InChI is InChI=1S/C26H26ClN3O3/c1-33-23-14-11-20(16-22(23)27)29-26(32)25(19-6-3-2-4-7-19)28-17-18-9-12-21(13-10-18)30-15-5-8-24(30)31/h2-4,6-7,9-14,16,25,28H,5,8,15,17H2,1H3,(H,29,32)/t25-/m1/s1. The van der Waals surface area contributed by atoms with Gasteiger partial charge in [-0.05, 0) is 47.9 Å². The average Bonchev–Trinajstić information content (AvgIpc) is 3.26. The normalized spacial score (nSPS) is 14.2. The van der Waals surface area contributed by atoms with Crippen LogP contribution in [0, 0.1) is 0 Å². The van der Waals surface area contributed by atoms with E-state index >= 15 is 0 Å². The molecule has 0 bridgehead atoms. The number of carbonyl (C=O) groups is 2. The van der Waals surface area contributed by atoms with Crippen molar-refractivity contribution in [1.29, 1.82) is 0 Å². The molecule has 0 aliphatic carbocycles. The molecule has 1 aliphatic rings. The molecule has 1 aliphatic heterocycles. The molecular weight excluding hydrogens is 438 g/mol. The highest BCUT2D eigenvalue weighted by Gasteiger charge is 2.22. The summed E-state index contributed by atoms with van der Waals surface area (Å²) in [6.45, 7) is 1.26. The molecule has 0 radical (unpaired) electrons. The highest BCUT2D eigenvalue weighted by Crippen LogP contribution is 2.28. The Morgan fingerprint density at radius 2 is 1.85 bits per heavy atom. The number of hydrogen-bond donors (Lipinski definition) is 2. The second kappa shape index (κ2) is 10.5. The summed E-state index contributed by atoms with van der Waals surface area (Å²) in [6, 6.07) is 22.0. The van der Waals surface area contributed by atoms with Gasteiger partial charge in [-0.25, -0.2) is 0 Å². The van der Waals surface area contributed by atoms with Crippen molar-refractivity contribution in [3.63, 3.8) is 0 Å². The zero-order chi connectivity index (χ0) is 23.2. The molecule has 1 fully saturated rings. The van der Waals surface area contributed by atoms with Gasteiger partial charge in [-0.2, -0.15) is 0 Å². The first-order chi connectivity index (χ1) is 16.0. The number of anilines is 2. The monoisotopic (exact) mass is 463 g/mol. The summed E-state index contributed by atoms with van der Waals surface area (Å²) in [6.07, 6.45) is 1.51. The Morgan fingerprint density at radius 3 is 2.48 bits per heavy atom. The summed E-state index contributed by atoms with van der Waals surface area (Å²) < 4.78 is 5.18. The van der Waals surface area contributed by atoms with Crippen LogP contribution in [0.15, 0.2) is 72.8 Å². The van der Waals surface area contributed by atoms with E-state index in [1.54, 1.807) is 25.3 Å². The summed E-state index contributed by atoms with van der Waals surface area (Å²) in [7, 11) is 1.55. The molecule has 0 unspecified atom stereocenters. The van der Waals surface area contributed by atoms with Crippen molar-refractivity contribution in [2.24, 2.45) is 0 Å². The Hall–Kier alpha value is -3.35.